The van der Waals surface area contributed by atoms with Gasteiger partial charge in [-0.2, -0.15) is 0 Å². The number of Topliss-reactive ketones (excluding diaryl/α,β-unsaturated/α-hetero) is 2. The van der Waals surface area contributed by atoms with Gasteiger partial charge in [-0.3, -0.25) is 9.59 Å². The third kappa shape index (κ3) is 2.15. The third-order valence-corrected chi connectivity index (χ3v) is 1.84. The Morgan fingerprint density at radius 3 is 2.67 bits per heavy atom. The molecule has 1 unspecified atom stereocenters. The summed E-state index contributed by atoms with van der Waals surface area (Å²) in [5, 5.41) is 2.52. The standard InChI is InChI=1S/C8H11NO3/c1-5(10)2-3-6-7(11)4-8(12)9-6/h6H,2-4H2,1H3,(H,9,12). The van der Waals surface area contributed by atoms with Gasteiger partial charge in [0.25, 0.3) is 0 Å². The Hall–Kier alpha value is -1.19. The average molecular weight is 169 g/mol. The number of amides is 1. The van der Waals surface area contributed by atoms with E-state index in [0.29, 0.717) is 12.8 Å². The zero-order valence-electron chi connectivity index (χ0n) is 6.92. The molecule has 1 aliphatic rings. The molecule has 1 rings (SSSR count). The first kappa shape index (κ1) is 8.90. The van der Waals surface area contributed by atoms with Gasteiger partial charge in [-0.25, -0.2) is 0 Å². The fourth-order valence-corrected chi connectivity index (χ4v) is 1.19. The highest BCUT2D eigenvalue weighted by atomic mass is 16.2. The molecule has 0 aromatic carbocycles. The molecule has 4 heteroatoms. The van der Waals surface area contributed by atoms with E-state index in [1.807, 2.05) is 0 Å². The second kappa shape index (κ2) is 3.47. The summed E-state index contributed by atoms with van der Waals surface area (Å²) in [7, 11) is 0. The van der Waals surface area contributed by atoms with Gasteiger partial charge in [-0.1, -0.05) is 0 Å². The van der Waals surface area contributed by atoms with Crippen LogP contribution in [0, 0.1) is 0 Å². The van der Waals surface area contributed by atoms with Crippen molar-refractivity contribution in [3.05, 3.63) is 0 Å². The number of ketones is 2. The Bertz CT molecular complexity index is 234. The van der Waals surface area contributed by atoms with Gasteiger partial charge >= 0.3 is 0 Å². The maximum atomic E-state index is 11.0. The smallest absolute Gasteiger partial charge is 0.228 e. The fourth-order valence-electron chi connectivity index (χ4n) is 1.19. The van der Waals surface area contributed by atoms with Crippen LogP contribution in [0.1, 0.15) is 26.2 Å². The first-order valence-electron chi connectivity index (χ1n) is 3.91. The summed E-state index contributed by atoms with van der Waals surface area (Å²) in [6, 6.07) is -0.415. The van der Waals surface area contributed by atoms with Gasteiger partial charge in [0, 0.05) is 6.42 Å². The largest absolute Gasteiger partial charge is 0.346 e. The van der Waals surface area contributed by atoms with E-state index in [2.05, 4.69) is 5.32 Å². The van der Waals surface area contributed by atoms with Crippen molar-refractivity contribution < 1.29 is 14.4 Å². The number of carbonyl (C=O) groups excluding carboxylic acids is 3. The normalized spacial score (nSPS) is 22.6. The summed E-state index contributed by atoms with van der Waals surface area (Å²) in [5.74, 6) is -0.279. The van der Waals surface area contributed by atoms with Gasteiger partial charge in [-0.15, -0.1) is 0 Å². The van der Waals surface area contributed by atoms with Crippen LogP contribution >= 0.6 is 0 Å². The minimum atomic E-state index is -0.415. The van der Waals surface area contributed by atoms with E-state index in [-0.39, 0.29) is 23.9 Å². The van der Waals surface area contributed by atoms with Gasteiger partial charge in [0.1, 0.15) is 5.78 Å². The number of hydrogen-bond acceptors (Lipinski definition) is 3. The van der Waals surface area contributed by atoms with Crippen LogP contribution in [0.15, 0.2) is 0 Å². The SMILES string of the molecule is CC(=O)CCC1NC(=O)CC1=O. The van der Waals surface area contributed by atoms with Gasteiger partial charge in [0.2, 0.25) is 5.91 Å². The molecule has 0 bridgehead atoms. The lowest BCUT2D eigenvalue weighted by Crippen LogP contribution is -2.29. The summed E-state index contributed by atoms with van der Waals surface area (Å²) >= 11 is 0. The van der Waals surface area contributed by atoms with Crippen molar-refractivity contribution >= 4 is 17.5 Å². The van der Waals surface area contributed by atoms with Gasteiger partial charge in [0.15, 0.2) is 5.78 Å². The summed E-state index contributed by atoms with van der Waals surface area (Å²) in [5.41, 5.74) is 0. The lowest BCUT2D eigenvalue weighted by Gasteiger charge is -2.05. The van der Waals surface area contributed by atoms with E-state index >= 15 is 0 Å². The minimum Gasteiger partial charge on any atom is -0.346 e. The zero-order chi connectivity index (χ0) is 9.14. The molecule has 1 amide bonds. The molecular formula is C8H11NO3. The number of hydrogen-bond donors (Lipinski definition) is 1. The summed E-state index contributed by atoms with van der Waals surface area (Å²) < 4.78 is 0. The Kier molecular flexibility index (Phi) is 2.58. The highest BCUT2D eigenvalue weighted by Crippen LogP contribution is 2.08. The fraction of sp³-hybridized carbons (Fsp3) is 0.625. The van der Waals surface area contributed by atoms with E-state index in [1.54, 1.807) is 0 Å². The molecular weight excluding hydrogens is 158 g/mol. The topological polar surface area (TPSA) is 63.2 Å². The van der Waals surface area contributed by atoms with E-state index in [4.69, 9.17) is 0 Å². The summed E-state index contributed by atoms with van der Waals surface area (Å²) in [6.07, 6.45) is 0.777. The molecule has 0 spiro atoms. The van der Waals surface area contributed by atoms with E-state index in [0.717, 1.165) is 0 Å². The van der Waals surface area contributed by atoms with Crippen LogP contribution in [0.25, 0.3) is 0 Å². The van der Waals surface area contributed by atoms with Crippen LogP contribution in [0.2, 0.25) is 0 Å². The van der Waals surface area contributed by atoms with Crippen molar-refractivity contribution in [3.8, 4) is 0 Å². The number of carbonyl (C=O) groups is 3. The maximum Gasteiger partial charge on any atom is 0.228 e. The summed E-state index contributed by atoms with van der Waals surface area (Å²) in [6.45, 7) is 1.47. The number of rotatable bonds is 3. The Balaban J connectivity index is 2.38. The molecule has 0 aliphatic carbocycles. The molecule has 0 aromatic rings. The summed E-state index contributed by atoms with van der Waals surface area (Å²) in [4.78, 5) is 32.3. The van der Waals surface area contributed by atoms with Gasteiger partial charge in [0.05, 0.1) is 12.5 Å². The van der Waals surface area contributed by atoms with Crippen LogP contribution in [0.4, 0.5) is 0 Å². The number of nitrogens with one attached hydrogen (secondary N) is 1. The Labute approximate surface area is 70.3 Å². The molecule has 0 saturated carbocycles. The van der Waals surface area contributed by atoms with Crippen LogP contribution in [0.3, 0.4) is 0 Å². The average Bonchev–Trinajstić information content (AvgIpc) is 2.26. The van der Waals surface area contributed by atoms with Gasteiger partial charge in [-0.05, 0) is 13.3 Å². The third-order valence-electron chi connectivity index (χ3n) is 1.84. The molecule has 1 heterocycles. The molecule has 0 aromatic heterocycles. The van der Waals surface area contributed by atoms with Crippen molar-refractivity contribution in [3.63, 3.8) is 0 Å². The lowest BCUT2D eigenvalue weighted by molar-refractivity contribution is -0.122. The molecule has 12 heavy (non-hydrogen) atoms. The predicted molar refractivity (Wildman–Crippen MR) is 41.5 cm³/mol. The van der Waals surface area contributed by atoms with Crippen molar-refractivity contribution in [1.82, 2.24) is 5.32 Å². The minimum absolute atomic E-state index is 0.0252. The first-order valence-corrected chi connectivity index (χ1v) is 3.91. The highest BCUT2D eigenvalue weighted by molar-refractivity contribution is 6.07. The van der Waals surface area contributed by atoms with Crippen LogP contribution < -0.4 is 5.32 Å². The van der Waals surface area contributed by atoms with Crippen molar-refractivity contribution in [1.29, 1.82) is 0 Å². The zero-order valence-corrected chi connectivity index (χ0v) is 6.92. The maximum absolute atomic E-state index is 11.0. The van der Waals surface area contributed by atoms with Crippen molar-refractivity contribution in [2.24, 2.45) is 0 Å². The lowest BCUT2D eigenvalue weighted by atomic mass is 10.1. The molecule has 0 radical (unpaired) electrons. The second-order valence-electron chi connectivity index (χ2n) is 3.00. The van der Waals surface area contributed by atoms with E-state index < -0.39 is 6.04 Å². The predicted octanol–water partition coefficient (Wildman–Crippen LogP) is -0.187. The molecule has 1 N–H and O–H groups in total. The molecule has 1 aliphatic heterocycles. The van der Waals surface area contributed by atoms with E-state index in [9.17, 15) is 14.4 Å². The Morgan fingerprint density at radius 2 is 2.25 bits per heavy atom. The highest BCUT2D eigenvalue weighted by Gasteiger charge is 2.29. The van der Waals surface area contributed by atoms with Crippen LogP contribution in [0.5, 0.6) is 0 Å². The first-order chi connectivity index (χ1) is 5.59. The monoisotopic (exact) mass is 169 g/mol. The second-order valence-corrected chi connectivity index (χ2v) is 3.00. The Morgan fingerprint density at radius 1 is 1.58 bits per heavy atom. The molecule has 1 saturated heterocycles. The van der Waals surface area contributed by atoms with Gasteiger partial charge < -0.3 is 10.1 Å². The quantitative estimate of drug-likeness (QED) is 0.596. The van der Waals surface area contributed by atoms with E-state index in [1.165, 1.54) is 6.92 Å². The molecule has 66 valence electrons. The van der Waals surface area contributed by atoms with Crippen molar-refractivity contribution in [2.75, 3.05) is 0 Å². The van der Waals surface area contributed by atoms with Crippen molar-refractivity contribution in [2.45, 2.75) is 32.2 Å². The molecule has 1 atom stereocenters. The molecule has 1 fully saturated rings. The molecule has 4 nitrogen and oxygen atoms in total. The van der Waals surface area contributed by atoms with Crippen LogP contribution in [-0.2, 0) is 14.4 Å². The van der Waals surface area contributed by atoms with Crippen LogP contribution in [-0.4, -0.2) is 23.5 Å².